The van der Waals surface area contributed by atoms with E-state index in [1.807, 2.05) is 6.92 Å². The number of hydrogen-bond acceptors (Lipinski definition) is 5. The molecule has 0 radical (unpaired) electrons. The minimum absolute atomic E-state index is 0.268. The van der Waals surface area contributed by atoms with Gasteiger partial charge in [0.25, 0.3) is 0 Å². The first-order valence-electron chi connectivity index (χ1n) is 5.83. The molecule has 0 aliphatic carbocycles. The van der Waals surface area contributed by atoms with Crippen molar-refractivity contribution in [3.8, 4) is 0 Å². The molecule has 2 atom stereocenters. The van der Waals surface area contributed by atoms with Crippen molar-refractivity contribution in [1.82, 2.24) is 15.0 Å². The van der Waals surface area contributed by atoms with Crippen LogP contribution in [0.25, 0.3) is 0 Å². The van der Waals surface area contributed by atoms with Gasteiger partial charge < -0.3 is 10.3 Å². The van der Waals surface area contributed by atoms with E-state index in [1.165, 1.54) is 0 Å². The van der Waals surface area contributed by atoms with Crippen LogP contribution in [0, 0.1) is 18.8 Å². The molecule has 0 bridgehead atoms. The summed E-state index contributed by atoms with van der Waals surface area (Å²) >= 11 is 0. The molecule has 0 amide bonds. The van der Waals surface area contributed by atoms with Gasteiger partial charge in [-0.15, -0.1) is 0 Å². The van der Waals surface area contributed by atoms with Crippen LogP contribution >= 0.6 is 0 Å². The van der Waals surface area contributed by atoms with Crippen molar-refractivity contribution >= 4 is 0 Å². The molecule has 0 spiro atoms. The van der Waals surface area contributed by atoms with E-state index in [4.69, 9.17) is 10.3 Å². The maximum atomic E-state index is 6.12. The molecule has 1 aromatic heterocycles. The summed E-state index contributed by atoms with van der Waals surface area (Å²) in [7, 11) is 0. The highest BCUT2D eigenvalue weighted by Gasteiger charge is 2.32. The highest BCUT2D eigenvalue weighted by Crippen LogP contribution is 2.23. The Morgan fingerprint density at radius 3 is 2.75 bits per heavy atom. The molecule has 1 aromatic rings. The van der Waals surface area contributed by atoms with Crippen molar-refractivity contribution in [3.63, 3.8) is 0 Å². The van der Waals surface area contributed by atoms with Crippen molar-refractivity contribution in [1.29, 1.82) is 0 Å². The lowest BCUT2D eigenvalue weighted by molar-refractivity contribution is 0.251. The zero-order valence-electron chi connectivity index (χ0n) is 10.2. The van der Waals surface area contributed by atoms with Gasteiger partial charge in [-0.05, 0) is 18.8 Å². The second kappa shape index (κ2) is 4.51. The normalized spacial score (nSPS) is 26.8. The van der Waals surface area contributed by atoms with Gasteiger partial charge in [0.1, 0.15) is 0 Å². The summed E-state index contributed by atoms with van der Waals surface area (Å²) in [4.78, 5) is 6.50. The van der Waals surface area contributed by atoms with Gasteiger partial charge in [0.2, 0.25) is 5.89 Å². The Balaban J connectivity index is 1.93. The first-order chi connectivity index (χ1) is 7.56. The molecule has 1 aliphatic rings. The maximum Gasteiger partial charge on any atom is 0.240 e. The number of nitrogens with zero attached hydrogens (tertiary/aromatic N) is 3. The van der Waals surface area contributed by atoms with Crippen LogP contribution in [0.3, 0.4) is 0 Å². The Morgan fingerprint density at radius 1 is 1.50 bits per heavy atom. The predicted octanol–water partition coefficient (Wildman–Crippen LogP) is 0.793. The van der Waals surface area contributed by atoms with Crippen molar-refractivity contribution in [2.75, 3.05) is 13.1 Å². The molecular weight excluding hydrogens is 204 g/mol. The van der Waals surface area contributed by atoms with Crippen molar-refractivity contribution in [2.24, 2.45) is 17.6 Å². The molecule has 0 aromatic carbocycles. The lowest BCUT2D eigenvalue weighted by atomic mass is 9.92. The Labute approximate surface area is 96.0 Å². The number of likely N-dealkylation sites (tertiary alicyclic amines) is 1. The smallest absolute Gasteiger partial charge is 0.240 e. The third-order valence-electron chi connectivity index (χ3n) is 3.27. The summed E-state index contributed by atoms with van der Waals surface area (Å²) in [5, 5.41) is 3.79. The van der Waals surface area contributed by atoms with E-state index in [0.29, 0.717) is 23.6 Å². The summed E-state index contributed by atoms with van der Waals surface area (Å²) in [6, 6.07) is 0.268. The number of nitrogens with two attached hydrogens (primary N) is 1. The molecule has 1 saturated heterocycles. The Morgan fingerprint density at radius 2 is 2.25 bits per heavy atom. The van der Waals surface area contributed by atoms with E-state index in [9.17, 15) is 0 Å². The third-order valence-corrected chi connectivity index (χ3v) is 3.27. The van der Waals surface area contributed by atoms with Gasteiger partial charge in [0.15, 0.2) is 5.82 Å². The monoisotopic (exact) mass is 224 g/mol. The van der Waals surface area contributed by atoms with Gasteiger partial charge in [0, 0.05) is 19.1 Å². The molecule has 2 N–H and O–H groups in total. The zero-order chi connectivity index (χ0) is 11.7. The van der Waals surface area contributed by atoms with Crippen LogP contribution in [0.5, 0.6) is 0 Å². The summed E-state index contributed by atoms with van der Waals surface area (Å²) in [5.74, 6) is 2.58. The second-order valence-electron chi connectivity index (χ2n) is 5.00. The molecule has 1 fully saturated rings. The summed E-state index contributed by atoms with van der Waals surface area (Å²) in [6.07, 6.45) is 0. The fourth-order valence-corrected chi connectivity index (χ4v) is 2.37. The van der Waals surface area contributed by atoms with E-state index >= 15 is 0 Å². The van der Waals surface area contributed by atoms with Gasteiger partial charge in [-0.2, -0.15) is 4.98 Å². The lowest BCUT2D eigenvalue weighted by Gasteiger charge is -2.18. The Bertz CT molecular complexity index is 350. The standard InChI is InChI=1S/C11H20N4O/c1-7(2)9-4-15(5-10(9)12)6-11-13-8(3)14-16-11/h7,9-10H,4-6,12H2,1-3H3/t9-,10+/m1/s1. The number of rotatable bonds is 3. The largest absolute Gasteiger partial charge is 0.338 e. The molecule has 2 rings (SSSR count). The van der Waals surface area contributed by atoms with Gasteiger partial charge >= 0.3 is 0 Å². The van der Waals surface area contributed by atoms with E-state index < -0.39 is 0 Å². The van der Waals surface area contributed by atoms with Crippen LogP contribution in [0.1, 0.15) is 25.6 Å². The van der Waals surface area contributed by atoms with Crippen molar-refractivity contribution in [2.45, 2.75) is 33.4 Å². The Hall–Kier alpha value is -0.940. The minimum atomic E-state index is 0.268. The summed E-state index contributed by atoms with van der Waals surface area (Å²) < 4.78 is 5.11. The Kier molecular flexibility index (Phi) is 3.25. The predicted molar refractivity (Wildman–Crippen MR) is 60.6 cm³/mol. The van der Waals surface area contributed by atoms with Crippen LogP contribution in [-0.4, -0.2) is 34.2 Å². The molecule has 2 heterocycles. The van der Waals surface area contributed by atoms with Gasteiger partial charge in [-0.25, -0.2) is 0 Å². The number of aromatic nitrogens is 2. The summed E-state index contributed by atoms with van der Waals surface area (Å²) in [6.45, 7) is 8.96. The summed E-state index contributed by atoms with van der Waals surface area (Å²) in [5.41, 5.74) is 6.12. The first-order valence-corrected chi connectivity index (χ1v) is 5.83. The molecule has 16 heavy (non-hydrogen) atoms. The minimum Gasteiger partial charge on any atom is -0.338 e. The van der Waals surface area contributed by atoms with Crippen molar-refractivity contribution in [3.05, 3.63) is 11.7 Å². The first kappa shape index (κ1) is 11.5. The lowest BCUT2D eigenvalue weighted by Crippen LogP contribution is -2.32. The zero-order valence-corrected chi connectivity index (χ0v) is 10.2. The molecule has 0 unspecified atom stereocenters. The molecule has 1 aliphatic heterocycles. The van der Waals surface area contributed by atoms with E-state index in [-0.39, 0.29) is 6.04 Å². The third kappa shape index (κ3) is 2.41. The highest BCUT2D eigenvalue weighted by molar-refractivity contribution is 4.91. The molecule has 90 valence electrons. The van der Waals surface area contributed by atoms with E-state index in [0.717, 1.165) is 19.6 Å². The number of aryl methyl sites for hydroxylation is 1. The second-order valence-corrected chi connectivity index (χ2v) is 5.00. The van der Waals surface area contributed by atoms with Crippen LogP contribution in [0.4, 0.5) is 0 Å². The van der Waals surface area contributed by atoms with E-state index in [2.05, 4.69) is 28.9 Å². The average molecular weight is 224 g/mol. The maximum absolute atomic E-state index is 6.12. The quantitative estimate of drug-likeness (QED) is 0.822. The fraction of sp³-hybridized carbons (Fsp3) is 0.818. The van der Waals surface area contributed by atoms with Crippen LogP contribution in [-0.2, 0) is 6.54 Å². The SMILES string of the molecule is Cc1noc(CN2C[C@H](C(C)C)[C@@H](N)C2)n1. The molecule has 5 nitrogen and oxygen atoms in total. The van der Waals surface area contributed by atoms with E-state index in [1.54, 1.807) is 0 Å². The average Bonchev–Trinajstić information content (AvgIpc) is 2.73. The van der Waals surface area contributed by atoms with Gasteiger partial charge in [0.05, 0.1) is 6.54 Å². The van der Waals surface area contributed by atoms with Crippen LogP contribution < -0.4 is 5.73 Å². The van der Waals surface area contributed by atoms with Crippen LogP contribution in [0.2, 0.25) is 0 Å². The van der Waals surface area contributed by atoms with Gasteiger partial charge in [-0.3, -0.25) is 4.90 Å². The van der Waals surface area contributed by atoms with Crippen molar-refractivity contribution < 1.29 is 4.52 Å². The molecular formula is C11H20N4O. The molecule has 0 saturated carbocycles. The highest BCUT2D eigenvalue weighted by atomic mass is 16.5. The fourth-order valence-electron chi connectivity index (χ4n) is 2.37. The van der Waals surface area contributed by atoms with Gasteiger partial charge in [-0.1, -0.05) is 19.0 Å². The number of hydrogen-bond donors (Lipinski definition) is 1. The molecule has 5 heteroatoms. The topological polar surface area (TPSA) is 68.2 Å². The van der Waals surface area contributed by atoms with Crippen LogP contribution in [0.15, 0.2) is 4.52 Å².